The molecule has 30 heavy (non-hydrogen) atoms. The molecule has 1 amide bonds. The summed E-state index contributed by atoms with van der Waals surface area (Å²) in [4.78, 5) is 19.7. The summed E-state index contributed by atoms with van der Waals surface area (Å²) in [6.45, 7) is 9.06. The molecule has 0 radical (unpaired) electrons. The second-order valence-corrected chi connectivity index (χ2v) is 8.94. The number of rotatable bonds is 7. The van der Waals surface area contributed by atoms with E-state index in [-0.39, 0.29) is 12.1 Å². The quantitative estimate of drug-likeness (QED) is 0.682. The van der Waals surface area contributed by atoms with Crippen molar-refractivity contribution >= 4 is 11.6 Å². The number of nitrogens with zero attached hydrogens (tertiary/aromatic N) is 3. The van der Waals surface area contributed by atoms with Crippen LogP contribution < -0.4 is 9.64 Å². The summed E-state index contributed by atoms with van der Waals surface area (Å²) in [6, 6.07) is 17.1. The maximum Gasteiger partial charge on any atom is 0.244 e. The SMILES string of the molecule is COc1ccc(CCN2C(=O)C(C)(C)N(C)C2c2ccc(N(C)C(C)C)cc2)cc1. The van der Waals surface area contributed by atoms with Crippen molar-refractivity contribution in [3.05, 3.63) is 59.7 Å². The molecule has 1 saturated heterocycles. The van der Waals surface area contributed by atoms with E-state index in [0.29, 0.717) is 12.6 Å². The van der Waals surface area contributed by atoms with E-state index in [0.717, 1.165) is 17.7 Å². The lowest BCUT2D eigenvalue weighted by atomic mass is 10.0. The van der Waals surface area contributed by atoms with Crippen LogP contribution in [0.15, 0.2) is 48.5 Å². The standard InChI is InChI=1S/C25H35N3O2/c1-18(2)26(5)21-12-10-20(11-13-21)23-27(6)25(3,4)24(29)28(23)17-16-19-8-14-22(30-7)15-9-19/h8-15,18,23H,16-17H2,1-7H3. The Bertz CT molecular complexity index is 859. The van der Waals surface area contributed by atoms with Gasteiger partial charge in [-0.3, -0.25) is 9.69 Å². The number of methoxy groups -OCH3 is 1. The highest BCUT2D eigenvalue weighted by Crippen LogP contribution is 2.39. The maximum absolute atomic E-state index is 13.3. The van der Waals surface area contributed by atoms with Gasteiger partial charge in [0, 0.05) is 25.3 Å². The Morgan fingerprint density at radius 3 is 2.20 bits per heavy atom. The van der Waals surface area contributed by atoms with Gasteiger partial charge in [-0.15, -0.1) is 0 Å². The Kier molecular flexibility index (Phi) is 6.41. The van der Waals surface area contributed by atoms with Gasteiger partial charge in [-0.05, 0) is 76.6 Å². The molecule has 2 aromatic carbocycles. The van der Waals surface area contributed by atoms with Crippen molar-refractivity contribution in [3.8, 4) is 5.75 Å². The zero-order valence-corrected chi connectivity index (χ0v) is 19.3. The van der Waals surface area contributed by atoms with Gasteiger partial charge in [0.15, 0.2) is 0 Å². The van der Waals surface area contributed by atoms with E-state index in [9.17, 15) is 4.79 Å². The molecule has 0 N–H and O–H groups in total. The molecule has 1 fully saturated rings. The van der Waals surface area contributed by atoms with Gasteiger partial charge in [-0.25, -0.2) is 0 Å². The average Bonchev–Trinajstić information content (AvgIpc) is 2.91. The van der Waals surface area contributed by atoms with Gasteiger partial charge < -0.3 is 14.5 Å². The van der Waals surface area contributed by atoms with Gasteiger partial charge in [0.25, 0.3) is 0 Å². The van der Waals surface area contributed by atoms with Crippen molar-refractivity contribution in [2.45, 2.75) is 51.9 Å². The smallest absolute Gasteiger partial charge is 0.244 e. The van der Waals surface area contributed by atoms with Gasteiger partial charge in [-0.1, -0.05) is 24.3 Å². The third kappa shape index (κ3) is 4.17. The van der Waals surface area contributed by atoms with E-state index >= 15 is 0 Å². The molecule has 2 aromatic rings. The minimum absolute atomic E-state index is 0.0656. The molecule has 0 saturated carbocycles. The minimum Gasteiger partial charge on any atom is -0.497 e. The molecule has 0 aliphatic carbocycles. The topological polar surface area (TPSA) is 36.0 Å². The summed E-state index contributed by atoms with van der Waals surface area (Å²) in [6.07, 6.45) is 0.744. The second-order valence-electron chi connectivity index (χ2n) is 8.94. The number of carbonyl (C=O) groups is 1. The molecule has 1 aliphatic rings. The highest BCUT2D eigenvalue weighted by Gasteiger charge is 2.49. The van der Waals surface area contributed by atoms with E-state index in [1.165, 1.54) is 11.3 Å². The summed E-state index contributed by atoms with van der Waals surface area (Å²) >= 11 is 0. The molecule has 1 atom stereocenters. The molecular formula is C25H35N3O2. The molecule has 5 heteroatoms. The van der Waals surface area contributed by atoms with Crippen LogP contribution in [0.25, 0.3) is 0 Å². The predicted octanol–water partition coefficient (Wildman–Crippen LogP) is 4.33. The molecule has 1 heterocycles. The summed E-state index contributed by atoms with van der Waals surface area (Å²) in [5.41, 5.74) is 3.00. The van der Waals surface area contributed by atoms with Crippen LogP contribution in [-0.4, -0.2) is 55.0 Å². The van der Waals surface area contributed by atoms with Crippen LogP contribution in [0.1, 0.15) is 45.0 Å². The zero-order chi connectivity index (χ0) is 22.1. The zero-order valence-electron chi connectivity index (χ0n) is 19.3. The van der Waals surface area contributed by atoms with E-state index in [1.807, 2.05) is 37.9 Å². The maximum atomic E-state index is 13.3. The number of carbonyl (C=O) groups excluding carboxylic acids is 1. The van der Waals surface area contributed by atoms with Crippen LogP contribution in [0.3, 0.4) is 0 Å². The van der Waals surface area contributed by atoms with E-state index in [4.69, 9.17) is 4.74 Å². The lowest BCUT2D eigenvalue weighted by molar-refractivity contribution is -0.132. The first-order chi connectivity index (χ1) is 14.2. The fourth-order valence-electron chi connectivity index (χ4n) is 3.98. The van der Waals surface area contributed by atoms with Crippen LogP contribution in [0, 0.1) is 0 Å². The van der Waals surface area contributed by atoms with Gasteiger partial charge in [0.1, 0.15) is 11.9 Å². The summed E-state index contributed by atoms with van der Waals surface area (Å²) in [5, 5.41) is 0. The fraction of sp³-hybridized carbons (Fsp3) is 0.480. The van der Waals surface area contributed by atoms with Crippen LogP contribution in [-0.2, 0) is 11.2 Å². The van der Waals surface area contributed by atoms with Crippen LogP contribution >= 0.6 is 0 Å². The Labute approximate surface area is 181 Å². The third-order valence-corrected chi connectivity index (χ3v) is 6.50. The average molecular weight is 410 g/mol. The lowest BCUT2D eigenvalue weighted by Gasteiger charge is -2.31. The minimum atomic E-state index is -0.530. The first-order valence-corrected chi connectivity index (χ1v) is 10.7. The van der Waals surface area contributed by atoms with Gasteiger partial charge in [0.05, 0.1) is 12.6 Å². The lowest BCUT2D eigenvalue weighted by Crippen LogP contribution is -2.41. The Balaban J connectivity index is 1.83. The molecular weight excluding hydrogens is 374 g/mol. The van der Waals surface area contributed by atoms with Crippen molar-refractivity contribution in [1.29, 1.82) is 0 Å². The highest BCUT2D eigenvalue weighted by molar-refractivity contribution is 5.88. The predicted molar refractivity (Wildman–Crippen MR) is 123 cm³/mol. The number of hydrogen-bond acceptors (Lipinski definition) is 4. The molecule has 0 spiro atoms. The number of amides is 1. The molecule has 5 nitrogen and oxygen atoms in total. The first-order valence-electron chi connectivity index (χ1n) is 10.7. The van der Waals surface area contributed by atoms with Crippen molar-refractivity contribution in [2.75, 3.05) is 32.6 Å². The summed E-state index contributed by atoms with van der Waals surface area (Å²) in [7, 11) is 5.82. The van der Waals surface area contributed by atoms with Crippen molar-refractivity contribution < 1.29 is 9.53 Å². The van der Waals surface area contributed by atoms with E-state index in [1.54, 1.807) is 7.11 Å². The van der Waals surface area contributed by atoms with Crippen LogP contribution in [0.5, 0.6) is 5.75 Å². The van der Waals surface area contributed by atoms with Crippen LogP contribution in [0.2, 0.25) is 0 Å². The molecule has 0 bridgehead atoms. The third-order valence-electron chi connectivity index (χ3n) is 6.50. The molecule has 162 valence electrons. The number of benzene rings is 2. The van der Waals surface area contributed by atoms with Gasteiger partial charge >= 0.3 is 0 Å². The normalized spacial score (nSPS) is 18.9. The summed E-state index contributed by atoms with van der Waals surface area (Å²) < 4.78 is 5.25. The van der Waals surface area contributed by atoms with Crippen molar-refractivity contribution in [3.63, 3.8) is 0 Å². The van der Waals surface area contributed by atoms with Gasteiger partial charge in [0.2, 0.25) is 5.91 Å². The van der Waals surface area contributed by atoms with Crippen molar-refractivity contribution in [2.24, 2.45) is 0 Å². The number of anilines is 1. The summed E-state index contributed by atoms with van der Waals surface area (Å²) in [5.74, 6) is 1.02. The highest BCUT2D eigenvalue weighted by atomic mass is 16.5. The van der Waals surface area contributed by atoms with Gasteiger partial charge in [-0.2, -0.15) is 0 Å². The number of likely N-dealkylation sites (N-methyl/N-ethyl adjacent to an activating group) is 1. The Morgan fingerprint density at radius 2 is 1.67 bits per heavy atom. The molecule has 3 rings (SSSR count). The Morgan fingerprint density at radius 1 is 1.07 bits per heavy atom. The fourth-order valence-corrected chi connectivity index (χ4v) is 3.98. The van der Waals surface area contributed by atoms with E-state index < -0.39 is 5.54 Å². The monoisotopic (exact) mass is 409 g/mol. The van der Waals surface area contributed by atoms with Crippen molar-refractivity contribution in [1.82, 2.24) is 9.80 Å². The molecule has 1 unspecified atom stereocenters. The van der Waals surface area contributed by atoms with E-state index in [2.05, 4.69) is 67.1 Å². The second kappa shape index (κ2) is 8.68. The number of ether oxygens (including phenoxy) is 1. The molecule has 0 aromatic heterocycles. The largest absolute Gasteiger partial charge is 0.497 e. The van der Waals surface area contributed by atoms with Crippen LogP contribution in [0.4, 0.5) is 5.69 Å². The molecule has 1 aliphatic heterocycles. The first kappa shape index (κ1) is 22.2. The number of hydrogen-bond donors (Lipinski definition) is 0. The Hall–Kier alpha value is -2.53.